The smallest absolute Gasteiger partial charge is 0.664 e. The number of ether oxygens (including phenoxy) is 1. The molecule has 3 aromatic heterocycles. The first-order valence-electron chi connectivity index (χ1n) is 21.1. The summed E-state index contributed by atoms with van der Waals surface area (Å²) in [6, 6.07) is 0. The number of ketones is 1. The van der Waals surface area contributed by atoms with Crippen LogP contribution in [0.4, 0.5) is 0 Å². The van der Waals surface area contributed by atoms with Crippen LogP contribution in [-0.4, -0.2) is 54.0 Å². The van der Waals surface area contributed by atoms with Gasteiger partial charge < -0.3 is 29.8 Å². The second kappa shape index (κ2) is 19.8. The van der Waals surface area contributed by atoms with Gasteiger partial charge in [-0.3, -0.25) is 14.4 Å². The zero-order valence-corrected chi connectivity index (χ0v) is 37.7. The average molecular weight is 807 g/mol. The van der Waals surface area contributed by atoms with Gasteiger partial charge in [-0.2, -0.15) is 11.4 Å². The van der Waals surface area contributed by atoms with Crippen molar-refractivity contribution in [1.82, 2.24) is 15.0 Å². The number of hydrogen-bond donors (Lipinski definition) is 0. The van der Waals surface area contributed by atoms with Gasteiger partial charge >= 0.3 is 29.0 Å². The van der Waals surface area contributed by atoms with E-state index in [-0.39, 0.29) is 59.7 Å². The molecular weight excluding hydrogens is 749 g/mol. The standard InChI is InChI=1S/C49H59N4O5.Mg/c1-10-33-30(7)38-22-39-31(8)35(18-19-44(56)58-21-20-29(6)17-13-16-28(5)15-12-14-27(3)4)47(52-39)46-37(26-55)49(57)45-32(9)40(53-48(45)46)23-42-34(11-2)36(25-54)43(51-42)24-41(33)50-38;/h10,20,22-28,31,35,37H,1,11-19,21H2,2-9H3,(H-,52,53,54,57);/q-3;+2/p-1/b29-20+,39-22-,43-24-;/t28-,31+,35+,37-;/m1./s1. The summed E-state index contributed by atoms with van der Waals surface area (Å²) >= 11 is 0. The first kappa shape index (κ1) is 45.7. The summed E-state index contributed by atoms with van der Waals surface area (Å²) in [5, 5.41) is 6.25. The maximum absolute atomic E-state index is 14.0. The van der Waals surface area contributed by atoms with Crippen LogP contribution >= 0.6 is 0 Å². The molecule has 9 nitrogen and oxygen atoms in total. The van der Waals surface area contributed by atoms with E-state index in [1.165, 1.54) is 31.3 Å². The van der Waals surface area contributed by atoms with Crippen LogP contribution in [0.2, 0.25) is 0 Å². The van der Waals surface area contributed by atoms with Gasteiger partial charge in [-0.15, -0.1) is 33.5 Å². The number of aldehydes is 2. The molecule has 4 atom stereocenters. The fourth-order valence-corrected chi connectivity index (χ4v) is 8.89. The van der Waals surface area contributed by atoms with Crippen molar-refractivity contribution in [3.63, 3.8) is 0 Å². The summed E-state index contributed by atoms with van der Waals surface area (Å²) in [5.74, 6) is -0.699. The molecule has 0 radical (unpaired) electrons. The van der Waals surface area contributed by atoms with Gasteiger partial charge in [0.25, 0.3) is 0 Å². The van der Waals surface area contributed by atoms with Crippen LogP contribution in [0, 0.1) is 43.4 Å². The minimum atomic E-state index is -1.07. The number of nitrogens with zero attached hydrogens (tertiary/aromatic N) is 4. The van der Waals surface area contributed by atoms with Gasteiger partial charge in [0, 0.05) is 17.5 Å². The second-order valence-corrected chi connectivity index (χ2v) is 17.0. The predicted octanol–water partition coefficient (Wildman–Crippen LogP) is 8.09. The van der Waals surface area contributed by atoms with E-state index in [1.54, 1.807) is 6.08 Å². The summed E-state index contributed by atoms with van der Waals surface area (Å²) in [6.45, 7) is 21.1. The maximum Gasteiger partial charge on any atom is 2.00 e. The normalized spacial score (nSPS) is 22.1. The molecule has 1 fully saturated rings. The third-order valence-corrected chi connectivity index (χ3v) is 12.5. The molecular formula is C49H58MgN4O5-2. The Labute approximate surface area is 365 Å². The van der Waals surface area contributed by atoms with E-state index in [0.29, 0.717) is 86.5 Å². The molecule has 59 heavy (non-hydrogen) atoms. The fraction of sp³-hybridized carbons (Fsp3) is 0.469. The van der Waals surface area contributed by atoms with Crippen LogP contribution < -0.4 is 25.7 Å². The molecule has 2 aliphatic heterocycles. The Kier molecular flexibility index (Phi) is 15.3. The summed E-state index contributed by atoms with van der Waals surface area (Å²) in [6.07, 6.45) is 19.1. The summed E-state index contributed by atoms with van der Waals surface area (Å²) in [7, 11) is 0. The van der Waals surface area contributed by atoms with Crippen molar-refractivity contribution in [1.29, 1.82) is 0 Å². The van der Waals surface area contributed by atoms with Gasteiger partial charge in [0.05, 0.1) is 0 Å². The van der Waals surface area contributed by atoms with Crippen molar-refractivity contribution in [2.24, 2.45) is 29.6 Å². The van der Waals surface area contributed by atoms with Crippen LogP contribution in [0.3, 0.4) is 0 Å². The Bertz CT molecular complexity index is 2330. The van der Waals surface area contributed by atoms with Gasteiger partial charge in [-0.25, -0.2) is 0 Å². The summed E-state index contributed by atoms with van der Waals surface area (Å²) in [5.41, 5.74) is 9.34. The van der Waals surface area contributed by atoms with E-state index in [4.69, 9.17) is 25.0 Å². The molecule has 1 saturated heterocycles. The van der Waals surface area contributed by atoms with Crippen LogP contribution in [0.25, 0.3) is 35.2 Å². The number of carbonyl (C=O) groups excluding carboxylic acids is 4. The molecule has 1 aliphatic carbocycles. The first-order valence-corrected chi connectivity index (χ1v) is 21.1. The monoisotopic (exact) mass is 806 g/mol. The zero-order chi connectivity index (χ0) is 41.8. The van der Waals surface area contributed by atoms with Gasteiger partial charge in [-0.05, 0) is 81.8 Å². The number of aromatic nitrogens is 3. The maximum atomic E-state index is 14.0. The summed E-state index contributed by atoms with van der Waals surface area (Å²) in [4.78, 5) is 67.4. The van der Waals surface area contributed by atoms with Crippen LogP contribution in [0.1, 0.15) is 159 Å². The topological polar surface area (TPSA) is 134 Å². The number of esters is 1. The molecule has 3 aliphatic rings. The Morgan fingerprint density at radius 2 is 1.63 bits per heavy atom. The molecule has 0 N–H and O–H groups in total. The third kappa shape index (κ3) is 9.49. The number of fused-ring (bicyclic) bond motifs is 7. The Morgan fingerprint density at radius 1 is 0.915 bits per heavy atom. The molecule has 10 heteroatoms. The van der Waals surface area contributed by atoms with Crippen molar-refractivity contribution in [3.05, 3.63) is 102 Å². The average Bonchev–Trinajstić information content (AvgIpc) is 3.93. The Morgan fingerprint density at radius 3 is 2.31 bits per heavy atom. The van der Waals surface area contributed by atoms with Crippen molar-refractivity contribution in [3.8, 4) is 0 Å². The molecule has 0 aromatic carbocycles. The van der Waals surface area contributed by atoms with Gasteiger partial charge in [0.15, 0.2) is 5.78 Å². The van der Waals surface area contributed by atoms with Crippen molar-refractivity contribution in [2.45, 2.75) is 113 Å². The number of rotatable bonds is 17. The van der Waals surface area contributed by atoms with Crippen molar-refractivity contribution in [2.75, 3.05) is 6.61 Å². The molecule has 0 unspecified atom stereocenters. The van der Waals surface area contributed by atoms with Crippen molar-refractivity contribution >= 4 is 77.3 Å². The molecule has 0 amide bonds. The SMILES string of the molecule is C=Cc1c2[n-]c(c1C)/C=C1\[N-]/C(=C3\c4[n-]c(c(C)c4C(=O)[C@@H]3C=O)/C=c3\[n-]/c(c(C=O)c3CC)=C\2)[C@@H](CCC(=O)OC/C=C(\C)CCC[C@H](C)CCCC(C)C)[C@@H]1C.[Mg+2]. The first-order chi connectivity index (χ1) is 27.8. The molecule has 8 bridgehead atoms. The molecule has 6 rings (SSSR count). The number of carbonyl (C=O) groups is 4. The molecule has 3 aromatic rings. The van der Waals surface area contributed by atoms with Gasteiger partial charge in [-0.1, -0.05) is 119 Å². The third-order valence-electron chi connectivity index (χ3n) is 12.5. The quantitative estimate of drug-likeness (QED) is 0.0440. The summed E-state index contributed by atoms with van der Waals surface area (Å²) < 4.78 is 5.71. The fourth-order valence-electron chi connectivity index (χ4n) is 8.89. The molecule has 308 valence electrons. The van der Waals surface area contributed by atoms with E-state index in [0.717, 1.165) is 47.4 Å². The van der Waals surface area contributed by atoms with E-state index in [1.807, 2.05) is 45.1 Å². The molecule has 0 saturated carbocycles. The Hall–Kier alpha value is -4.41. The minimum absolute atomic E-state index is 0. The van der Waals surface area contributed by atoms with Gasteiger partial charge in [0.1, 0.15) is 25.1 Å². The van der Waals surface area contributed by atoms with E-state index in [2.05, 4.69) is 41.2 Å². The van der Waals surface area contributed by atoms with Crippen LogP contribution in [0.5, 0.6) is 0 Å². The Balaban J connectivity index is 0.00000661. The van der Waals surface area contributed by atoms with E-state index < -0.39 is 5.92 Å². The van der Waals surface area contributed by atoms with Crippen LogP contribution in [-0.2, 0) is 20.7 Å². The molecule has 5 heterocycles. The number of hydrogen-bond acceptors (Lipinski definition) is 5. The molecule has 0 spiro atoms. The van der Waals surface area contributed by atoms with E-state index >= 15 is 0 Å². The van der Waals surface area contributed by atoms with Gasteiger partial charge in [0.2, 0.25) is 0 Å². The number of allylic oxidation sites excluding steroid dienone is 4. The minimum Gasteiger partial charge on any atom is -0.664 e. The largest absolute Gasteiger partial charge is 2.00 e. The second-order valence-electron chi connectivity index (χ2n) is 17.0. The zero-order valence-electron chi connectivity index (χ0n) is 36.2. The predicted molar refractivity (Wildman–Crippen MR) is 236 cm³/mol. The van der Waals surface area contributed by atoms with E-state index in [9.17, 15) is 19.2 Å². The van der Waals surface area contributed by atoms with Crippen molar-refractivity contribution < 1.29 is 23.9 Å². The number of Topliss-reactive ketones (excluding diaryl/α,β-unsaturated/α-hetero) is 1. The van der Waals surface area contributed by atoms with Crippen LogP contribution in [0.15, 0.2) is 29.6 Å².